The van der Waals surface area contributed by atoms with Gasteiger partial charge in [-0.05, 0) is 78.9 Å². The van der Waals surface area contributed by atoms with E-state index in [0.29, 0.717) is 17.6 Å². The third kappa shape index (κ3) is 2.57. The van der Waals surface area contributed by atoms with Crippen LogP contribution in [0.25, 0.3) is 0 Å². The Balaban J connectivity index is 1.69. The third-order valence-corrected chi connectivity index (χ3v) is 10.0. The Morgan fingerprint density at radius 3 is 2.48 bits per heavy atom. The second-order valence-corrected chi connectivity index (χ2v) is 11.7. The third-order valence-electron chi connectivity index (χ3n) is 10.0. The standard InChI is InChI=1S/C25H40O2/c1-15(2)22(27)21-10-9-19-18-8-7-16-13-17(26)14-23(3,4)25(16,6)20(18)11-12-24(19,21)5/h7,15,17-21,26H,8-14H2,1-6H3/t17-,18?,19?,20?,21-,24+,25-/m1/s1. The molecule has 7 atom stereocenters. The maximum absolute atomic E-state index is 13.0. The van der Waals surface area contributed by atoms with Crippen molar-refractivity contribution >= 4 is 5.78 Å². The highest BCUT2D eigenvalue weighted by Gasteiger charge is 2.63. The number of aliphatic hydroxyl groups is 1. The number of Topliss-reactive ketones (excluding diaryl/α,β-unsaturated/α-hetero) is 1. The van der Waals surface area contributed by atoms with Crippen molar-refractivity contribution in [2.75, 3.05) is 0 Å². The van der Waals surface area contributed by atoms with Crippen molar-refractivity contribution in [2.45, 2.75) is 92.6 Å². The van der Waals surface area contributed by atoms with E-state index in [1.165, 1.54) is 31.3 Å². The second kappa shape index (κ2) is 6.18. The molecular formula is C25H40O2. The van der Waals surface area contributed by atoms with Crippen LogP contribution in [0.15, 0.2) is 11.6 Å². The van der Waals surface area contributed by atoms with Crippen LogP contribution in [-0.4, -0.2) is 17.0 Å². The first-order chi connectivity index (χ1) is 12.5. The lowest BCUT2D eigenvalue weighted by atomic mass is 9.42. The average Bonchev–Trinajstić information content (AvgIpc) is 2.92. The van der Waals surface area contributed by atoms with E-state index in [9.17, 15) is 9.90 Å². The molecule has 0 aromatic rings. The molecule has 4 rings (SSSR count). The molecule has 3 fully saturated rings. The fourth-order valence-electron chi connectivity index (χ4n) is 8.29. The predicted molar refractivity (Wildman–Crippen MR) is 110 cm³/mol. The van der Waals surface area contributed by atoms with Gasteiger partial charge < -0.3 is 5.11 Å². The van der Waals surface area contributed by atoms with E-state index in [1.807, 2.05) is 0 Å². The molecule has 0 spiro atoms. The van der Waals surface area contributed by atoms with Gasteiger partial charge in [-0.3, -0.25) is 4.79 Å². The fraction of sp³-hybridized carbons (Fsp3) is 0.880. The quantitative estimate of drug-likeness (QED) is 0.623. The van der Waals surface area contributed by atoms with Crippen LogP contribution in [0.5, 0.6) is 0 Å². The molecule has 0 heterocycles. The summed E-state index contributed by atoms with van der Waals surface area (Å²) < 4.78 is 0. The fourth-order valence-corrected chi connectivity index (χ4v) is 8.29. The van der Waals surface area contributed by atoms with Crippen molar-refractivity contribution in [3.05, 3.63) is 11.6 Å². The number of aliphatic hydroxyl groups excluding tert-OH is 1. The Labute approximate surface area is 166 Å². The van der Waals surface area contributed by atoms with Gasteiger partial charge in [-0.2, -0.15) is 0 Å². The van der Waals surface area contributed by atoms with Gasteiger partial charge >= 0.3 is 0 Å². The molecule has 27 heavy (non-hydrogen) atoms. The van der Waals surface area contributed by atoms with Crippen LogP contribution < -0.4 is 0 Å². The van der Waals surface area contributed by atoms with Crippen molar-refractivity contribution < 1.29 is 9.90 Å². The summed E-state index contributed by atoms with van der Waals surface area (Å²) in [6, 6.07) is 0. The van der Waals surface area contributed by atoms with Crippen molar-refractivity contribution in [1.82, 2.24) is 0 Å². The number of rotatable bonds is 2. The van der Waals surface area contributed by atoms with Crippen LogP contribution in [-0.2, 0) is 4.79 Å². The average molecular weight is 373 g/mol. The van der Waals surface area contributed by atoms with Gasteiger partial charge in [0.05, 0.1) is 6.10 Å². The molecule has 0 amide bonds. The number of ketones is 1. The summed E-state index contributed by atoms with van der Waals surface area (Å²) in [6.07, 6.45) is 10.1. The topological polar surface area (TPSA) is 37.3 Å². The first-order valence-electron chi connectivity index (χ1n) is 11.4. The summed E-state index contributed by atoms with van der Waals surface area (Å²) in [4.78, 5) is 13.0. The molecule has 1 N–H and O–H groups in total. The molecule has 2 heteroatoms. The van der Waals surface area contributed by atoms with Gasteiger partial charge in [-0.1, -0.05) is 53.2 Å². The van der Waals surface area contributed by atoms with E-state index >= 15 is 0 Å². The molecule has 0 aromatic heterocycles. The molecule has 152 valence electrons. The predicted octanol–water partition coefficient (Wildman–Crippen LogP) is 5.79. The minimum Gasteiger partial charge on any atom is -0.393 e. The first kappa shape index (κ1) is 19.7. The highest BCUT2D eigenvalue weighted by Crippen LogP contribution is 2.69. The molecule has 0 radical (unpaired) electrons. The zero-order chi connectivity index (χ0) is 19.8. The summed E-state index contributed by atoms with van der Waals surface area (Å²) in [5, 5.41) is 10.5. The van der Waals surface area contributed by atoms with Crippen LogP contribution in [0.4, 0.5) is 0 Å². The van der Waals surface area contributed by atoms with E-state index in [4.69, 9.17) is 0 Å². The second-order valence-electron chi connectivity index (χ2n) is 11.7. The van der Waals surface area contributed by atoms with E-state index in [-0.39, 0.29) is 34.2 Å². The molecule has 0 bridgehead atoms. The normalized spacial score (nSPS) is 48.4. The van der Waals surface area contributed by atoms with Crippen LogP contribution in [0, 0.1) is 45.8 Å². The van der Waals surface area contributed by atoms with Crippen LogP contribution in [0.2, 0.25) is 0 Å². The van der Waals surface area contributed by atoms with Crippen molar-refractivity contribution in [3.63, 3.8) is 0 Å². The van der Waals surface area contributed by atoms with Crippen molar-refractivity contribution in [3.8, 4) is 0 Å². The summed E-state index contributed by atoms with van der Waals surface area (Å²) in [6.45, 7) is 13.9. The molecular weight excluding hydrogens is 332 g/mol. The van der Waals surface area contributed by atoms with Crippen LogP contribution in [0.3, 0.4) is 0 Å². The Bertz CT molecular complexity index is 659. The Morgan fingerprint density at radius 1 is 1.11 bits per heavy atom. The highest BCUT2D eigenvalue weighted by atomic mass is 16.3. The molecule has 2 nitrogen and oxygen atoms in total. The van der Waals surface area contributed by atoms with E-state index in [1.54, 1.807) is 0 Å². The monoisotopic (exact) mass is 372 g/mol. The Hall–Kier alpha value is -0.630. The number of carbonyl (C=O) groups is 1. The lowest BCUT2D eigenvalue weighted by Gasteiger charge is -2.63. The maximum atomic E-state index is 13.0. The van der Waals surface area contributed by atoms with Crippen LogP contribution in [0.1, 0.15) is 86.5 Å². The largest absolute Gasteiger partial charge is 0.393 e. The number of allylic oxidation sites excluding steroid dienone is 1. The van der Waals surface area contributed by atoms with E-state index in [2.05, 4.69) is 47.6 Å². The molecule has 0 saturated heterocycles. The Morgan fingerprint density at radius 2 is 1.81 bits per heavy atom. The maximum Gasteiger partial charge on any atom is 0.139 e. The molecule has 4 aliphatic carbocycles. The first-order valence-corrected chi connectivity index (χ1v) is 11.4. The van der Waals surface area contributed by atoms with Crippen LogP contribution >= 0.6 is 0 Å². The lowest BCUT2D eigenvalue weighted by molar-refractivity contribution is -0.135. The molecule has 3 unspecified atom stereocenters. The van der Waals surface area contributed by atoms with Gasteiger partial charge in [0.1, 0.15) is 5.78 Å². The molecule has 0 aromatic carbocycles. The SMILES string of the molecule is CC(C)C(=O)[C@H]1CCC2C3CC=C4C[C@@H](O)CC(C)(C)[C@@]4(C)C3CC[C@@]21C. The summed E-state index contributed by atoms with van der Waals surface area (Å²) >= 11 is 0. The van der Waals surface area contributed by atoms with Gasteiger partial charge in [-0.15, -0.1) is 0 Å². The van der Waals surface area contributed by atoms with Gasteiger partial charge in [0, 0.05) is 11.8 Å². The van der Waals surface area contributed by atoms with Gasteiger partial charge in [0.25, 0.3) is 0 Å². The zero-order valence-corrected chi connectivity index (χ0v) is 18.3. The summed E-state index contributed by atoms with van der Waals surface area (Å²) in [5.74, 6) is 3.09. The molecule has 0 aliphatic heterocycles. The van der Waals surface area contributed by atoms with Crippen molar-refractivity contribution in [2.24, 2.45) is 45.8 Å². The lowest BCUT2D eigenvalue weighted by Crippen LogP contribution is -2.56. The minimum absolute atomic E-state index is 0.138. The summed E-state index contributed by atoms with van der Waals surface area (Å²) in [7, 11) is 0. The number of hydrogen-bond donors (Lipinski definition) is 1. The zero-order valence-electron chi connectivity index (χ0n) is 18.3. The smallest absolute Gasteiger partial charge is 0.139 e. The number of hydrogen-bond acceptors (Lipinski definition) is 2. The van der Waals surface area contributed by atoms with Gasteiger partial charge in [-0.25, -0.2) is 0 Å². The van der Waals surface area contributed by atoms with Crippen molar-refractivity contribution in [1.29, 1.82) is 0 Å². The number of fused-ring (bicyclic) bond motifs is 5. The van der Waals surface area contributed by atoms with Gasteiger partial charge in [0.15, 0.2) is 0 Å². The van der Waals surface area contributed by atoms with E-state index in [0.717, 1.165) is 25.2 Å². The molecule has 3 saturated carbocycles. The van der Waals surface area contributed by atoms with Gasteiger partial charge in [0.2, 0.25) is 0 Å². The molecule has 4 aliphatic rings. The number of carbonyl (C=O) groups excluding carboxylic acids is 1. The Kier molecular flexibility index (Phi) is 4.50. The highest BCUT2D eigenvalue weighted by molar-refractivity contribution is 5.84. The summed E-state index contributed by atoms with van der Waals surface area (Å²) in [5.41, 5.74) is 2.09. The minimum atomic E-state index is -0.177. The van der Waals surface area contributed by atoms with E-state index < -0.39 is 0 Å².